The van der Waals surface area contributed by atoms with E-state index in [0.29, 0.717) is 39.0 Å². The third-order valence-corrected chi connectivity index (χ3v) is 5.77. The van der Waals surface area contributed by atoms with Crippen LogP contribution >= 0.6 is 0 Å². The molecule has 0 aliphatic carbocycles. The number of aromatic carboxylic acids is 1. The third-order valence-electron chi connectivity index (χ3n) is 5.77. The van der Waals surface area contributed by atoms with Crippen LogP contribution in [0, 0.1) is 0 Å². The Morgan fingerprint density at radius 1 is 0.938 bits per heavy atom. The smallest absolute Gasteiger partial charge is 0.335 e. The second-order valence-corrected chi connectivity index (χ2v) is 7.81. The summed E-state index contributed by atoms with van der Waals surface area (Å²) in [7, 11) is 0. The Labute approximate surface area is 186 Å². The molecule has 0 saturated carbocycles. The first-order valence-electron chi connectivity index (χ1n) is 10.6. The van der Waals surface area contributed by atoms with Crippen molar-refractivity contribution in [2.24, 2.45) is 0 Å². The Morgan fingerprint density at radius 3 is 2.34 bits per heavy atom. The zero-order valence-electron chi connectivity index (χ0n) is 17.6. The van der Waals surface area contributed by atoms with E-state index in [4.69, 9.17) is 5.11 Å². The number of rotatable bonds is 6. The minimum atomic E-state index is -0.936. The van der Waals surface area contributed by atoms with Crippen LogP contribution in [0.2, 0.25) is 0 Å². The second-order valence-electron chi connectivity index (χ2n) is 7.81. The van der Waals surface area contributed by atoms with E-state index in [-0.39, 0.29) is 17.2 Å². The van der Waals surface area contributed by atoms with Gasteiger partial charge >= 0.3 is 5.97 Å². The lowest BCUT2D eigenvalue weighted by molar-refractivity contribution is -0.131. The number of nitrogens with zero attached hydrogens (tertiary/aromatic N) is 3. The highest BCUT2D eigenvalue weighted by Gasteiger charge is 2.21. The molecule has 32 heavy (non-hydrogen) atoms. The highest BCUT2D eigenvalue weighted by molar-refractivity contribution is 5.88. The predicted octanol–water partition coefficient (Wildman–Crippen LogP) is 3.43. The lowest BCUT2D eigenvalue weighted by atomic mass is 9.97. The molecule has 0 atom stereocenters. The number of anilines is 1. The van der Waals surface area contributed by atoms with Crippen molar-refractivity contribution in [3.05, 3.63) is 78.1 Å². The number of aromatic hydroxyl groups is 1. The van der Waals surface area contributed by atoms with Gasteiger partial charge in [-0.3, -0.25) is 9.78 Å². The summed E-state index contributed by atoms with van der Waals surface area (Å²) in [5.74, 6) is -0.701. The van der Waals surface area contributed by atoms with Crippen molar-refractivity contribution in [3.8, 4) is 16.9 Å². The Morgan fingerprint density at radius 2 is 1.66 bits per heavy atom. The number of carbonyl (C=O) groups is 2. The van der Waals surface area contributed by atoms with Gasteiger partial charge in [0.15, 0.2) is 0 Å². The van der Waals surface area contributed by atoms with Crippen LogP contribution < -0.4 is 4.90 Å². The molecule has 7 nitrogen and oxygen atoms in total. The molecule has 1 saturated heterocycles. The summed E-state index contributed by atoms with van der Waals surface area (Å²) < 4.78 is 0. The lowest BCUT2D eigenvalue weighted by Gasteiger charge is -2.36. The van der Waals surface area contributed by atoms with Crippen LogP contribution in [-0.2, 0) is 11.2 Å². The Kier molecular flexibility index (Phi) is 6.35. The van der Waals surface area contributed by atoms with Crippen LogP contribution in [0.4, 0.5) is 5.69 Å². The van der Waals surface area contributed by atoms with Crippen molar-refractivity contribution >= 4 is 17.6 Å². The SMILES string of the molecule is O=C(O)c1ccc(N2CCN(C(=O)CCc3ccccc3-c3cncc(O)c3)CC2)cc1. The lowest BCUT2D eigenvalue weighted by Crippen LogP contribution is -2.48. The topological polar surface area (TPSA) is 94.0 Å². The molecule has 1 aromatic heterocycles. The Bertz CT molecular complexity index is 1110. The van der Waals surface area contributed by atoms with E-state index in [1.807, 2.05) is 41.3 Å². The number of aryl methyl sites for hydroxylation is 1. The van der Waals surface area contributed by atoms with Gasteiger partial charge in [-0.15, -0.1) is 0 Å². The molecule has 2 aromatic carbocycles. The molecule has 164 valence electrons. The molecule has 1 aliphatic rings. The predicted molar refractivity (Wildman–Crippen MR) is 122 cm³/mol. The van der Waals surface area contributed by atoms with Gasteiger partial charge in [0, 0.05) is 50.0 Å². The van der Waals surface area contributed by atoms with Crippen molar-refractivity contribution in [1.82, 2.24) is 9.88 Å². The van der Waals surface area contributed by atoms with Crippen molar-refractivity contribution in [1.29, 1.82) is 0 Å². The van der Waals surface area contributed by atoms with Crippen LogP contribution in [0.5, 0.6) is 5.75 Å². The highest BCUT2D eigenvalue weighted by atomic mass is 16.4. The average molecular weight is 431 g/mol. The first kappa shape index (κ1) is 21.4. The molecule has 1 amide bonds. The van der Waals surface area contributed by atoms with Crippen molar-refractivity contribution < 1.29 is 19.8 Å². The largest absolute Gasteiger partial charge is 0.506 e. The first-order chi connectivity index (χ1) is 15.5. The normalized spacial score (nSPS) is 13.8. The fraction of sp³-hybridized carbons (Fsp3) is 0.240. The molecule has 4 rings (SSSR count). The summed E-state index contributed by atoms with van der Waals surface area (Å²) >= 11 is 0. The van der Waals surface area contributed by atoms with Gasteiger partial charge in [-0.05, 0) is 47.9 Å². The van der Waals surface area contributed by atoms with Gasteiger partial charge < -0.3 is 20.0 Å². The van der Waals surface area contributed by atoms with Gasteiger partial charge in [0.25, 0.3) is 0 Å². The molecule has 0 bridgehead atoms. The van der Waals surface area contributed by atoms with Gasteiger partial charge in [-0.25, -0.2) is 4.79 Å². The van der Waals surface area contributed by atoms with E-state index < -0.39 is 5.97 Å². The molecule has 1 fully saturated rings. The van der Waals surface area contributed by atoms with Gasteiger partial charge in [0.1, 0.15) is 5.75 Å². The molecule has 7 heteroatoms. The molecular formula is C25H25N3O4. The van der Waals surface area contributed by atoms with Gasteiger partial charge in [0.05, 0.1) is 11.8 Å². The van der Waals surface area contributed by atoms with E-state index in [9.17, 15) is 14.7 Å². The van der Waals surface area contributed by atoms with Crippen molar-refractivity contribution in [2.45, 2.75) is 12.8 Å². The molecule has 3 aromatic rings. The van der Waals surface area contributed by atoms with Crippen molar-refractivity contribution in [3.63, 3.8) is 0 Å². The van der Waals surface area contributed by atoms with Gasteiger partial charge in [0.2, 0.25) is 5.91 Å². The number of carboxylic acid groups (broad SMARTS) is 1. The number of carbonyl (C=O) groups excluding carboxylic acids is 1. The minimum Gasteiger partial charge on any atom is -0.506 e. The van der Waals surface area contributed by atoms with E-state index in [1.54, 1.807) is 24.4 Å². The number of hydrogen-bond donors (Lipinski definition) is 2. The number of pyridine rings is 1. The fourth-order valence-electron chi connectivity index (χ4n) is 4.02. The molecule has 1 aliphatic heterocycles. The number of carboxylic acids is 1. The van der Waals surface area contributed by atoms with Crippen LogP contribution in [0.25, 0.3) is 11.1 Å². The number of amides is 1. The Balaban J connectivity index is 1.34. The maximum Gasteiger partial charge on any atom is 0.335 e. The molecule has 2 N–H and O–H groups in total. The summed E-state index contributed by atoms with van der Waals surface area (Å²) in [6.45, 7) is 2.70. The van der Waals surface area contributed by atoms with E-state index in [2.05, 4.69) is 9.88 Å². The summed E-state index contributed by atoms with van der Waals surface area (Å²) in [5.41, 5.74) is 4.08. The maximum atomic E-state index is 12.8. The quantitative estimate of drug-likeness (QED) is 0.621. The highest BCUT2D eigenvalue weighted by Crippen LogP contribution is 2.26. The molecule has 2 heterocycles. The average Bonchev–Trinajstić information content (AvgIpc) is 2.83. The van der Waals surface area contributed by atoms with Crippen molar-refractivity contribution in [2.75, 3.05) is 31.1 Å². The van der Waals surface area contributed by atoms with Crippen LogP contribution in [0.3, 0.4) is 0 Å². The second kappa shape index (κ2) is 9.51. The zero-order valence-corrected chi connectivity index (χ0v) is 17.6. The minimum absolute atomic E-state index is 0.115. The van der Waals surface area contributed by atoms with Crippen LogP contribution in [-0.4, -0.2) is 58.2 Å². The van der Waals surface area contributed by atoms with Crippen LogP contribution in [0.1, 0.15) is 22.3 Å². The van der Waals surface area contributed by atoms with Gasteiger partial charge in [-0.2, -0.15) is 0 Å². The fourth-order valence-corrected chi connectivity index (χ4v) is 4.02. The van der Waals surface area contributed by atoms with Gasteiger partial charge in [-0.1, -0.05) is 24.3 Å². The molecule has 0 unspecified atom stereocenters. The van der Waals surface area contributed by atoms with E-state index in [1.165, 1.54) is 6.20 Å². The zero-order chi connectivity index (χ0) is 22.5. The Hall–Kier alpha value is -3.87. The third kappa shape index (κ3) is 4.88. The number of piperazine rings is 1. The van der Waals surface area contributed by atoms with Crippen LogP contribution in [0.15, 0.2) is 67.0 Å². The first-order valence-corrected chi connectivity index (χ1v) is 10.6. The summed E-state index contributed by atoms with van der Waals surface area (Å²) in [6, 6.07) is 16.4. The number of aromatic nitrogens is 1. The summed E-state index contributed by atoms with van der Waals surface area (Å²) in [4.78, 5) is 32.0. The molecule has 0 spiro atoms. The summed E-state index contributed by atoms with van der Waals surface area (Å²) in [6.07, 6.45) is 4.14. The number of hydrogen-bond acceptors (Lipinski definition) is 5. The van der Waals surface area contributed by atoms with E-state index >= 15 is 0 Å². The summed E-state index contributed by atoms with van der Waals surface area (Å²) in [5, 5.41) is 18.8. The standard InChI is InChI=1S/C25H25N3O4/c29-22-15-20(16-26-17-22)23-4-2-1-3-18(23)7-10-24(30)28-13-11-27(12-14-28)21-8-5-19(6-9-21)25(31)32/h1-6,8-9,15-17,29H,7,10-14H2,(H,31,32). The maximum absolute atomic E-state index is 12.8. The monoisotopic (exact) mass is 431 g/mol. The van der Waals surface area contributed by atoms with E-state index in [0.717, 1.165) is 22.4 Å². The molecular weight excluding hydrogens is 406 g/mol. The molecule has 0 radical (unpaired) electrons. The number of benzene rings is 2.